The van der Waals surface area contributed by atoms with Crippen LogP contribution >= 0.6 is 12.4 Å². The van der Waals surface area contributed by atoms with E-state index in [0.29, 0.717) is 17.2 Å². The Hall–Kier alpha value is -0.280. The summed E-state index contributed by atoms with van der Waals surface area (Å²) in [6.07, 6.45) is 11.0. The van der Waals surface area contributed by atoms with Crippen LogP contribution in [0, 0.1) is 16.7 Å². The maximum atomic E-state index is 13.2. The van der Waals surface area contributed by atoms with E-state index in [-0.39, 0.29) is 17.8 Å². The molecule has 0 aromatic carbocycles. The molecule has 2 aliphatic heterocycles. The summed E-state index contributed by atoms with van der Waals surface area (Å²) in [5, 5.41) is 3.48. The molecule has 0 radical (unpaired) electrons. The van der Waals surface area contributed by atoms with Crippen LogP contribution in [0.4, 0.5) is 0 Å². The van der Waals surface area contributed by atoms with Crippen molar-refractivity contribution in [2.75, 3.05) is 26.2 Å². The average Bonchev–Trinajstić information content (AvgIpc) is 2.97. The topological polar surface area (TPSA) is 32.3 Å². The van der Waals surface area contributed by atoms with Gasteiger partial charge in [0.2, 0.25) is 5.91 Å². The number of piperidine rings is 2. The van der Waals surface area contributed by atoms with E-state index < -0.39 is 0 Å². The number of nitrogens with zero attached hydrogens (tertiary/aromatic N) is 1. The molecule has 3 rings (SSSR count). The van der Waals surface area contributed by atoms with Gasteiger partial charge < -0.3 is 10.2 Å². The van der Waals surface area contributed by atoms with Crippen molar-refractivity contribution in [1.82, 2.24) is 10.2 Å². The van der Waals surface area contributed by atoms with Crippen LogP contribution in [0.25, 0.3) is 0 Å². The largest absolute Gasteiger partial charge is 0.342 e. The summed E-state index contributed by atoms with van der Waals surface area (Å²) in [5.74, 6) is 1.13. The third-order valence-electron chi connectivity index (χ3n) is 6.59. The third kappa shape index (κ3) is 4.04. The molecular weight excluding hydrogens is 308 g/mol. The van der Waals surface area contributed by atoms with E-state index in [0.717, 1.165) is 32.4 Å². The van der Waals surface area contributed by atoms with E-state index in [1.807, 2.05) is 0 Å². The van der Waals surface area contributed by atoms with Gasteiger partial charge in [-0.15, -0.1) is 12.4 Å². The first kappa shape index (κ1) is 19.1. The van der Waals surface area contributed by atoms with Crippen molar-refractivity contribution in [1.29, 1.82) is 0 Å². The second-order valence-corrected chi connectivity index (χ2v) is 8.63. The second kappa shape index (κ2) is 7.74. The lowest BCUT2D eigenvalue weighted by molar-refractivity contribution is -0.145. The number of halogens is 1. The van der Waals surface area contributed by atoms with E-state index in [1.54, 1.807) is 0 Å². The molecule has 0 aromatic heterocycles. The highest BCUT2D eigenvalue weighted by Gasteiger charge is 2.45. The van der Waals surface area contributed by atoms with E-state index in [1.165, 1.54) is 51.6 Å². The van der Waals surface area contributed by atoms with E-state index >= 15 is 0 Å². The van der Waals surface area contributed by atoms with Crippen LogP contribution in [0.5, 0.6) is 0 Å². The molecule has 0 atom stereocenters. The minimum atomic E-state index is -0.00715. The van der Waals surface area contributed by atoms with Gasteiger partial charge in [-0.25, -0.2) is 0 Å². The van der Waals surface area contributed by atoms with Crippen LogP contribution in [-0.4, -0.2) is 37.0 Å². The van der Waals surface area contributed by atoms with Crippen molar-refractivity contribution in [3.63, 3.8) is 0 Å². The van der Waals surface area contributed by atoms with Crippen LogP contribution in [0.15, 0.2) is 0 Å². The van der Waals surface area contributed by atoms with Crippen molar-refractivity contribution < 1.29 is 4.79 Å². The van der Waals surface area contributed by atoms with Crippen molar-refractivity contribution in [3.8, 4) is 0 Å². The van der Waals surface area contributed by atoms with E-state index in [2.05, 4.69) is 24.1 Å². The Balaban J connectivity index is 0.00000192. The Labute approximate surface area is 148 Å². The molecule has 134 valence electrons. The Morgan fingerprint density at radius 3 is 2.09 bits per heavy atom. The molecule has 2 saturated heterocycles. The van der Waals surface area contributed by atoms with Gasteiger partial charge in [0, 0.05) is 18.5 Å². The zero-order valence-corrected chi connectivity index (χ0v) is 15.8. The van der Waals surface area contributed by atoms with Gasteiger partial charge in [0.05, 0.1) is 0 Å². The Morgan fingerprint density at radius 2 is 1.57 bits per heavy atom. The van der Waals surface area contributed by atoms with Crippen LogP contribution in [0.1, 0.15) is 71.6 Å². The van der Waals surface area contributed by atoms with Gasteiger partial charge in [-0.3, -0.25) is 4.79 Å². The molecule has 23 heavy (non-hydrogen) atoms. The first-order valence-electron chi connectivity index (χ1n) is 9.56. The van der Waals surface area contributed by atoms with Crippen molar-refractivity contribution in [3.05, 3.63) is 0 Å². The van der Waals surface area contributed by atoms with Gasteiger partial charge in [-0.1, -0.05) is 26.7 Å². The van der Waals surface area contributed by atoms with Gasteiger partial charge in [-0.2, -0.15) is 0 Å². The van der Waals surface area contributed by atoms with Crippen LogP contribution < -0.4 is 5.32 Å². The summed E-state index contributed by atoms with van der Waals surface area (Å²) in [4.78, 5) is 15.5. The van der Waals surface area contributed by atoms with Crippen molar-refractivity contribution in [2.24, 2.45) is 16.7 Å². The molecule has 0 aromatic rings. The summed E-state index contributed by atoms with van der Waals surface area (Å²) in [6.45, 7) is 8.91. The summed E-state index contributed by atoms with van der Waals surface area (Å²) < 4.78 is 0. The molecule has 1 amide bonds. The Morgan fingerprint density at radius 1 is 1.00 bits per heavy atom. The van der Waals surface area contributed by atoms with Gasteiger partial charge in [-0.05, 0) is 69.4 Å². The molecule has 0 unspecified atom stereocenters. The molecular formula is C19H35ClN2O. The lowest BCUT2D eigenvalue weighted by atomic mass is 9.70. The normalized spacial score (nSPS) is 26.3. The lowest BCUT2D eigenvalue weighted by Crippen LogP contribution is -2.51. The smallest absolute Gasteiger partial charge is 0.228 e. The summed E-state index contributed by atoms with van der Waals surface area (Å²) in [5.41, 5.74) is 0.537. The fourth-order valence-corrected chi connectivity index (χ4v) is 5.32. The maximum absolute atomic E-state index is 13.2. The van der Waals surface area contributed by atoms with Crippen molar-refractivity contribution >= 4 is 18.3 Å². The highest BCUT2D eigenvalue weighted by molar-refractivity contribution is 5.85. The van der Waals surface area contributed by atoms with E-state index in [4.69, 9.17) is 0 Å². The lowest BCUT2D eigenvalue weighted by Gasteiger charge is -2.46. The molecule has 1 N–H and O–H groups in total. The standard InChI is InChI=1S/C19H34N2O.ClH/c1-16(2)15-19(5-3-4-6-19)17(22)21-13-9-18(10-14-21)7-11-20-12-8-18;/h16,20H,3-15H2,1-2H3;1H. The number of hydrogen-bond donors (Lipinski definition) is 1. The predicted octanol–water partition coefficient (Wildman–Crippen LogP) is 4.01. The van der Waals surface area contributed by atoms with Gasteiger partial charge in [0.15, 0.2) is 0 Å². The molecule has 1 spiro atoms. The monoisotopic (exact) mass is 342 g/mol. The van der Waals surface area contributed by atoms with Gasteiger partial charge >= 0.3 is 0 Å². The molecule has 3 aliphatic rings. The number of likely N-dealkylation sites (tertiary alicyclic amines) is 1. The zero-order chi connectivity index (χ0) is 15.6. The summed E-state index contributed by atoms with van der Waals surface area (Å²) in [6, 6.07) is 0. The molecule has 4 heteroatoms. The SMILES string of the molecule is CC(C)CC1(C(=O)N2CCC3(CCNCC3)CC2)CCCC1.Cl. The number of carbonyl (C=O) groups excluding carboxylic acids is 1. The summed E-state index contributed by atoms with van der Waals surface area (Å²) in [7, 11) is 0. The number of amides is 1. The minimum Gasteiger partial charge on any atom is -0.342 e. The molecule has 1 aliphatic carbocycles. The van der Waals surface area contributed by atoms with Crippen LogP contribution in [-0.2, 0) is 4.79 Å². The average molecular weight is 343 g/mol. The number of nitrogens with one attached hydrogen (secondary N) is 1. The maximum Gasteiger partial charge on any atom is 0.228 e. The fraction of sp³-hybridized carbons (Fsp3) is 0.947. The Bertz CT molecular complexity index is 388. The molecule has 1 saturated carbocycles. The molecule has 3 nitrogen and oxygen atoms in total. The van der Waals surface area contributed by atoms with E-state index in [9.17, 15) is 4.79 Å². The number of carbonyl (C=O) groups is 1. The second-order valence-electron chi connectivity index (χ2n) is 8.63. The predicted molar refractivity (Wildman–Crippen MR) is 98.0 cm³/mol. The quantitative estimate of drug-likeness (QED) is 0.840. The Kier molecular flexibility index (Phi) is 6.41. The number of rotatable bonds is 3. The van der Waals surface area contributed by atoms with Gasteiger partial charge in [0.25, 0.3) is 0 Å². The molecule has 0 bridgehead atoms. The zero-order valence-electron chi connectivity index (χ0n) is 15.0. The fourth-order valence-electron chi connectivity index (χ4n) is 5.32. The molecule has 2 heterocycles. The minimum absolute atomic E-state index is 0. The number of hydrogen-bond acceptors (Lipinski definition) is 2. The highest BCUT2D eigenvalue weighted by Crippen LogP contribution is 2.46. The third-order valence-corrected chi connectivity index (χ3v) is 6.59. The van der Waals surface area contributed by atoms with Crippen LogP contribution in [0.3, 0.4) is 0 Å². The first-order valence-corrected chi connectivity index (χ1v) is 9.56. The molecule has 3 fully saturated rings. The van der Waals surface area contributed by atoms with Gasteiger partial charge in [0.1, 0.15) is 0 Å². The summed E-state index contributed by atoms with van der Waals surface area (Å²) >= 11 is 0. The van der Waals surface area contributed by atoms with Crippen LogP contribution in [0.2, 0.25) is 0 Å². The first-order chi connectivity index (χ1) is 10.6. The highest BCUT2D eigenvalue weighted by atomic mass is 35.5. The van der Waals surface area contributed by atoms with Crippen molar-refractivity contribution in [2.45, 2.75) is 71.6 Å².